The molecule has 0 aromatic heterocycles. The van der Waals surface area contributed by atoms with E-state index in [4.69, 9.17) is 15.2 Å². The second-order valence-corrected chi connectivity index (χ2v) is 9.24. The van der Waals surface area contributed by atoms with Crippen LogP contribution < -0.4 is 11.1 Å². The van der Waals surface area contributed by atoms with Gasteiger partial charge in [-0.15, -0.1) is 4.91 Å². The number of aromatic hydroxyl groups is 2. The van der Waals surface area contributed by atoms with E-state index >= 15 is 0 Å². The number of carbonyl (C=O) groups is 2. The van der Waals surface area contributed by atoms with Crippen LogP contribution in [0.25, 0.3) is 0 Å². The number of aliphatic hydroxyl groups excluding tert-OH is 1. The molecule has 0 aliphatic rings. The number of methoxy groups -OCH3 is 1. The molecule has 38 heavy (non-hydrogen) atoms. The molecule has 2 amide bonds. The molecule has 0 spiro atoms. The number of phenolic OH excluding ortho intramolecular Hbond substituents is 2. The SMILES string of the molecule is CC[C@H](C)Cc1c(O)c(NC(=O)/C(C)=C/C=C\C(OC)C(OC(N)=O)/C(C)=C/[C@H](C)CO)cc(O)c1N=O. The molecule has 11 nitrogen and oxygen atoms in total. The Morgan fingerprint density at radius 2 is 1.89 bits per heavy atom. The number of hydrogen-bond acceptors (Lipinski definition) is 9. The highest BCUT2D eigenvalue weighted by Gasteiger charge is 2.25. The summed E-state index contributed by atoms with van der Waals surface area (Å²) < 4.78 is 10.7. The quantitative estimate of drug-likeness (QED) is 0.0575. The zero-order valence-corrected chi connectivity index (χ0v) is 22.7. The zero-order valence-electron chi connectivity index (χ0n) is 22.7. The second kappa shape index (κ2) is 15.5. The third kappa shape index (κ3) is 9.31. The Morgan fingerprint density at radius 3 is 2.42 bits per heavy atom. The number of nitrogens with one attached hydrogen (secondary N) is 1. The number of primary amides is 1. The average Bonchev–Trinajstić information content (AvgIpc) is 2.87. The molecule has 1 aromatic rings. The van der Waals surface area contributed by atoms with Crippen LogP contribution in [0.1, 0.15) is 46.6 Å². The summed E-state index contributed by atoms with van der Waals surface area (Å²) in [5, 5.41) is 35.6. The van der Waals surface area contributed by atoms with Gasteiger partial charge in [-0.05, 0) is 42.9 Å². The Balaban J connectivity index is 3.18. The van der Waals surface area contributed by atoms with Crippen LogP contribution >= 0.6 is 0 Å². The predicted octanol–water partition coefficient (Wildman–Crippen LogP) is 4.58. The van der Waals surface area contributed by atoms with E-state index in [0.717, 1.165) is 12.5 Å². The predicted molar refractivity (Wildman–Crippen MR) is 145 cm³/mol. The first-order valence-corrected chi connectivity index (χ1v) is 12.3. The molecule has 1 rings (SSSR count). The van der Waals surface area contributed by atoms with E-state index in [1.165, 1.54) is 26.2 Å². The number of rotatable bonds is 14. The summed E-state index contributed by atoms with van der Waals surface area (Å²) in [7, 11) is 1.42. The fourth-order valence-corrected chi connectivity index (χ4v) is 3.64. The lowest BCUT2D eigenvalue weighted by Crippen LogP contribution is -2.34. The molecule has 0 radical (unpaired) electrons. The minimum absolute atomic E-state index is 0.0570. The number of carbonyl (C=O) groups excluding carboxylic acids is 2. The van der Waals surface area contributed by atoms with E-state index in [2.05, 4.69) is 10.5 Å². The van der Waals surface area contributed by atoms with E-state index in [0.29, 0.717) is 5.57 Å². The summed E-state index contributed by atoms with van der Waals surface area (Å²) >= 11 is 0. The van der Waals surface area contributed by atoms with Crippen LogP contribution in [0.3, 0.4) is 0 Å². The van der Waals surface area contributed by atoms with Gasteiger partial charge in [0.15, 0.2) is 11.8 Å². The summed E-state index contributed by atoms with van der Waals surface area (Å²) in [6.07, 6.45) is 4.79. The molecule has 0 aliphatic carbocycles. The lowest BCUT2D eigenvalue weighted by Gasteiger charge is -2.24. The molecule has 0 heterocycles. The smallest absolute Gasteiger partial charge is 0.405 e. The van der Waals surface area contributed by atoms with Crippen LogP contribution in [-0.4, -0.2) is 53.2 Å². The molecule has 0 bridgehead atoms. The molecule has 6 N–H and O–H groups in total. The number of benzene rings is 1. The van der Waals surface area contributed by atoms with Gasteiger partial charge in [-0.3, -0.25) is 4.79 Å². The average molecular weight is 534 g/mol. The fourth-order valence-electron chi connectivity index (χ4n) is 3.64. The van der Waals surface area contributed by atoms with E-state index < -0.39 is 30.0 Å². The Kier molecular flexibility index (Phi) is 13.2. The van der Waals surface area contributed by atoms with Gasteiger partial charge >= 0.3 is 6.09 Å². The van der Waals surface area contributed by atoms with Crippen LogP contribution in [-0.2, 0) is 20.7 Å². The van der Waals surface area contributed by atoms with Gasteiger partial charge in [-0.25, -0.2) is 4.79 Å². The number of nitroso groups, excluding NO2 is 1. The maximum atomic E-state index is 12.8. The Morgan fingerprint density at radius 1 is 1.24 bits per heavy atom. The zero-order chi connectivity index (χ0) is 29.0. The summed E-state index contributed by atoms with van der Waals surface area (Å²) in [5.41, 5.74) is 5.93. The van der Waals surface area contributed by atoms with Crippen molar-refractivity contribution < 1.29 is 34.4 Å². The molecular weight excluding hydrogens is 494 g/mol. The van der Waals surface area contributed by atoms with Gasteiger partial charge in [0, 0.05) is 30.9 Å². The van der Waals surface area contributed by atoms with Gasteiger partial charge < -0.3 is 35.8 Å². The molecule has 0 saturated carbocycles. The molecule has 0 aliphatic heterocycles. The van der Waals surface area contributed by atoms with Gasteiger partial charge in [0.05, 0.1) is 5.69 Å². The van der Waals surface area contributed by atoms with E-state index in [-0.39, 0.29) is 53.1 Å². The number of phenols is 2. The highest BCUT2D eigenvalue weighted by Crippen LogP contribution is 2.43. The van der Waals surface area contributed by atoms with Crippen molar-refractivity contribution in [2.75, 3.05) is 19.0 Å². The van der Waals surface area contributed by atoms with Gasteiger partial charge in [0.25, 0.3) is 5.91 Å². The number of amides is 2. The van der Waals surface area contributed by atoms with Gasteiger partial charge in [-0.1, -0.05) is 51.5 Å². The molecule has 210 valence electrons. The van der Waals surface area contributed by atoms with Crippen LogP contribution in [0, 0.1) is 16.7 Å². The minimum Gasteiger partial charge on any atom is -0.505 e. The fraction of sp³-hybridized carbons (Fsp3) is 0.481. The number of ether oxygens (including phenoxy) is 2. The Hall–Kier alpha value is -3.70. The summed E-state index contributed by atoms with van der Waals surface area (Å²) in [4.78, 5) is 35.5. The lowest BCUT2D eigenvalue weighted by molar-refractivity contribution is -0.112. The van der Waals surface area contributed by atoms with Gasteiger partial charge in [-0.2, -0.15) is 0 Å². The van der Waals surface area contributed by atoms with Crippen molar-refractivity contribution in [1.82, 2.24) is 0 Å². The highest BCUT2D eigenvalue weighted by atomic mass is 16.6. The van der Waals surface area contributed by atoms with Crippen LogP contribution in [0.15, 0.2) is 46.7 Å². The molecule has 0 saturated heterocycles. The van der Waals surface area contributed by atoms with Crippen molar-refractivity contribution in [2.45, 2.75) is 59.7 Å². The first-order chi connectivity index (χ1) is 17.9. The standard InChI is InChI=1S/C27H39N3O8/c1-7-15(2)12-19-23(30-36)21(32)13-20(24(19)33)29-26(34)17(4)9-8-10-22(37-6)25(38-27(28)35)18(5)11-16(3)14-31/h8-11,13,15-16,22,25,31-33H,7,12,14H2,1-6H3,(H2,28,35)(H,29,34)/b10-8-,17-9+,18-11+/t15-,16-,22?,25?/m0/s1. The van der Waals surface area contributed by atoms with Crippen molar-refractivity contribution >= 4 is 23.4 Å². The summed E-state index contributed by atoms with van der Waals surface area (Å²) in [5.74, 6) is -1.44. The van der Waals surface area contributed by atoms with Gasteiger partial charge in [0.1, 0.15) is 17.6 Å². The van der Waals surface area contributed by atoms with Crippen molar-refractivity contribution in [2.24, 2.45) is 22.7 Å². The number of aliphatic hydroxyl groups is 1. The van der Waals surface area contributed by atoms with E-state index in [1.807, 2.05) is 13.8 Å². The molecule has 11 heteroatoms. The lowest BCUT2D eigenvalue weighted by atomic mass is 9.96. The number of nitrogens with two attached hydrogens (primary N) is 1. The van der Waals surface area contributed by atoms with Crippen molar-refractivity contribution in [3.8, 4) is 11.5 Å². The maximum absolute atomic E-state index is 12.8. The van der Waals surface area contributed by atoms with Crippen molar-refractivity contribution in [3.05, 3.63) is 52.0 Å². The summed E-state index contributed by atoms with van der Waals surface area (Å²) in [6.45, 7) is 8.83. The second-order valence-electron chi connectivity index (χ2n) is 9.24. The topological polar surface area (TPSA) is 181 Å². The van der Waals surface area contributed by atoms with Crippen LogP contribution in [0.4, 0.5) is 16.2 Å². The third-order valence-corrected chi connectivity index (χ3v) is 6.04. The van der Waals surface area contributed by atoms with E-state index in [1.54, 1.807) is 26.0 Å². The van der Waals surface area contributed by atoms with Crippen LogP contribution in [0.5, 0.6) is 11.5 Å². The minimum atomic E-state index is -0.993. The van der Waals surface area contributed by atoms with Crippen LogP contribution in [0.2, 0.25) is 0 Å². The van der Waals surface area contributed by atoms with E-state index in [9.17, 15) is 29.8 Å². The van der Waals surface area contributed by atoms with Crippen molar-refractivity contribution in [3.63, 3.8) is 0 Å². The number of nitrogens with zero attached hydrogens (tertiary/aromatic N) is 1. The molecule has 4 atom stereocenters. The number of hydrogen-bond donors (Lipinski definition) is 5. The number of anilines is 1. The van der Waals surface area contributed by atoms with Crippen molar-refractivity contribution in [1.29, 1.82) is 0 Å². The monoisotopic (exact) mass is 533 g/mol. The third-order valence-electron chi connectivity index (χ3n) is 6.04. The Labute approximate surface area is 223 Å². The molecule has 1 aromatic carbocycles. The Bertz CT molecular complexity index is 1080. The largest absolute Gasteiger partial charge is 0.505 e. The normalized spacial score (nSPS) is 15.6. The number of allylic oxidation sites excluding steroid dienone is 2. The molecule has 0 fully saturated rings. The maximum Gasteiger partial charge on any atom is 0.405 e. The highest BCUT2D eigenvalue weighted by molar-refractivity contribution is 6.04. The first-order valence-electron chi connectivity index (χ1n) is 12.3. The van der Waals surface area contributed by atoms with Gasteiger partial charge in [0.2, 0.25) is 0 Å². The molecular formula is C27H39N3O8. The first kappa shape index (κ1) is 32.3. The summed E-state index contributed by atoms with van der Waals surface area (Å²) in [6, 6.07) is 1.07. The molecule has 2 unspecified atom stereocenters.